The Kier molecular flexibility index (Phi) is 6.51. The quantitative estimate of drug-likeness (QED) is 0.512. The molecule has 0 aromatic heterocycles. The van der Waals surface area contributed by atoms with E-state index in [1.54, 1.807) is 74.9 Å². The van der Waals surface area contributed by atoms with Gasteiger partial charge < -0.3 is 18.9 Å². The normalized spacial score (nSPS) is 10.3. The number of methoxy groups -OCH3 is 4. The van der Waals surface area contributed by atoms with Gasteiger partial charge in [-0.3, -0.25) is 10.4 Å². The maximum atomic E-state index is 10.8. The predicted molar refractivity (Wildman–Crippen MR) is 113 cm³/mol. The van der Waals surface area contributed by atoms with Gasteiger partial charge in [0.25, 0.3) is 0 Å². The lowest BCUT2D eigenvalue weighted by atomic mass is 10.2. The van der Waals surface area contributed by atoms with E-state index in [0.717, 1.165) is 10.1 Å². The third-order valence-electron chi connectivity index (χ3n) is 4.57. The first-order valence-corrected chi connectivity index (χ1v) is 9.04. The van der Waals surface area contributed by atoms with Crippen molar-refractivity contribution in [2.45, 2.75) is 0 Å². The summed E-state index contributed by atoms with van der Waals surface area (Å²) >= 11 is 0. The molecule has 0 saturated heterocycles. The molecular formula is C22H24N2O6. The molecule has 0 heterocycles. The first kappa shape index (κ1) is 21.1. The van der Waals surface area contributed by atoms with Gasteiger partial charge in [-0.25, -0.2) is 10.1 Å². The number of hydrogen-bond acceptors (Lipinski definition) is 8. The van der Waals surface area contributed by atoms with Crippen molar-refractivity contribution in [1.29, 1.82) is 0 Å². The van der Waals surface area contributed by atoms with Gasteiger partial charge in [-0.1, -0.05) is 0 Å². The number of hydrogen-bond donors (Lipinski definition) is 2. The topological polar surface area (TPSA) is 83.9 Å². The average Bonchev–Trinajstić information content (AvgIpc) is 2.82. The molecule has 0 radical (unpaired) electrons. The highest BCUT2D eigenvalue weighted by Gasteiger charge is 2.21. The average molecular weight is 412 g/mol. The minimum atomic E-state index is 0.311. The molecule has 0 aliphatic rings. The van der Waals surface area contributed by atoms with Crippen molar-refractivity contribution >= 4 is 22.7 Å². The zero-order valence-electron chi connectivity index (χ0n) is 17.2. The second kappa shape index (κ2) is 9.25. The summed E-state index contributed by atoms with van der Waals surface area (Å²) in [4.78, 5) is 0. The van der Waals surface area contributed by atoms with Crippen LogP contribution in [0.2, 0.25) is 0 Å². The molecule has 0 fully saturated rings. The van der Waals surface area contributed by atoms with Gasteiger partial charge in [-0.15, -0.1) is 0 Å². The number of benzene rings is 3. The summed E-state index contributed by atoms with van der Waals surface area (Å²) in [5.41, 5.74) is 1.59. The minimum Gasteiger partial charge on any atom is -0.497 e. The van der Waals surface area contributed by atoms with Crippen LogP contribution >= 0.6 is 0 Å². The summed E-state index contributed by atoms with van der Waals surface area (Å²) < 4.78 is 21.2. The second-order valence-electron chi connectivity index (χ2n) is 6.22. The van der Waals surface area contributed by atoms with Crippen LogP contribution in [0.5, 0.6) is 23.0 Å². The SMILES string of the molecule is COc1ccc(N(O)c2cc(N(O)c3ccc(OC)cc3)c(OC)cc2OC)cc1. The van der Waals surface area contributed by atoms with Crippen molar-refractivity contribution in [3.63, 3.8) is 0 Å². The van der Waals surface area contributed by atoms with E-state index < -0.39 is 0 Å². The fraction of sp³-hybridized carbons (Fsp3) is 0.182. The molecule has 2 N–H and O–H groups in total. The summed E-state index contributed by atoms with van der Waals surface area (Å²) in [5, 5.41) is 23.6. The van der Waals surface area contributed by atoms with Crippen molar-refractivity contribution in [3.05, 3.63) is 60.7 Å². The van der Waals surface area contributed by atoms with E-state index >= 15 is 0 Å². The molecule has 0 atom stereocenters. The van der Waals surface area contributed by atoms with E-state index in [9.17, 15) is 10.4 Å². The molecule has 3 aromatic rings. The van der Waals surface area contributed by atoms with Crippen LogP contribution in [0.25, 0.3) is 0 Å². The van der Waals surface area contributed by atoms with E-state index in [4.69, 9.17) is 18.9 Å². The number of nitrogens with zero attached hydrogens (tertiary/aromatic N) is 2. The summed E-state index contributed by atoms with van der Waals surface area (Å²) in [6, 6.07) is 16.8. The zero-order valence-corrected chi connectivity index (χ0v) is 17.2. The third-order valence-corrected chi connectivity index (χ3v) is 4.57. The van der Waals surface area contributed by atoms with E-state index in [1.807, 2.05) is 0 Å². The maximum absolute atomic E-state index is 10.8. The predicted octanol–water partition coefficient (Wildman–Crippen LogP) is 4.78. The van der Waals surface area contributed by atoms with E-state index in [2.05, 4.69) is 0 Å². The van der Waals surface area contributed by atoms with Crippen LogP contribution in [0.3, 0.4) is 0 Å². The number of anilines is 4. The molecule has 0 spiro atoms. The summed E-state index contributed by atoms with van der Waals surface area (Å²) in [5.74, 6) is 2.04. The summed E-state index contributed by atoms with van der Waals surface area (Å²) in [6.45, 7) is 0. The van der Waals surface area contributed by atoms with Crippen LogP contribution in [-0.4, -0.2) is 38.9 Å². The van der Waals surface area contributed by atoms with Gasteiger partial charge in [-0.2, -0.15) is 0 Å². The Morgan fingerprint density at radius 1 is 0.533 bits per heavy atom. The minimum absolute atomic E-state index is 0.311. The Morgan fingerprint density at radius 3 is 1.20 bits per heavy atom. The second-order valence-corrected chi connectivity index (χ2v) is 6.22. The van der Waals surface area contributed by atoms with Gasteiger partial charge in [-0.05, 0) is 54.6 Å². The highest BCUT2D eigenvalue weighted by Crippen LogP contribution is 2.43. The van der Waals surface area contributed by atoms with Crippen LogP contribution in [0.1, 0.15) is 0 Å². The van der Waals surface area contributed by atoms with Crippen molar-refractivity contribution in [2.24, 2.45) is 0 Å². The van der Waals surface area contributed by atoms with Crippen molar-refractivity contribution in [2.75, 3.05) is 38.6 Å². The van der Waals surface area contributed by atoms with Crippen LogP contribution in [0.15, 0.2) is 60.7 Å². The lowest BCUT2D eigenvalue weighted by Gasteiger charge is -2.25. The van der Waals surface area contributed by atoms with E-state index in [-0.39, 0.29) is 0 Å². The Bertz CT molecular complexity index is 899. The lowest BCUT2D eigenvalue weighted by molar-refractivity contribution is 0.288. The van der Waals surface area contributed by atoms with Gasteiger partial charge in [0.05, 0.1) is 39.8 Å². The van der Waals surface area contributed by atoms with Gasteiger partial charge >= 0.3 is 0 Å². The molecule has 0 unspecified atom stereocenters. The molecule has 3 rings (SSSR count). The molecule has 0 bridgehead atoms. The Balaban J connectivity index is 2.04. The largest absolute Gasteiger partial charge is 0.497 e. The van der Waals surface area contributed by atoms with Gasteiger partial charge in [0, 0.05) is 6.07 Å². The number of ether oxygens (including phenoxy) is 4. The van der Waals surface area contributed by atoms with Crippen LogP contribution in [0.4, 0.5) is 22.7 Å². The van der Waals surface area contributed by atoms with Crippen molar-refractivity contribution in [1.82, 2.24) is 0 Å². The molecule has 8 nitrogen and oxygen atoms in total. The van der Waals surface area contributed by atoms with Gasteiger partial charge in [0.2, 0.25) is 0 Å². The smallest absolute Gasteiger partial charge is 0.148 e. The zero-order chi connectivity index (χ0) is 21.7. The maximum Gasteiger partial charge on any atom is 0.148 e. The Hall–Kier alpha value is -3.62. The van der Waals surface area contributed by atoms with Crippen LogP contribution < -0.4 is 29.1 Å². The first-order chi connectivity index (χ1) is 14.5. The third kappa shape index (κ3) is 4.19. The molecular weight excluding hydrogens is 388 g/mol. The standard InChI is InChI=1S/C22H24N2O6/c1-27-17-9-5-15(6-10-17)23(25)19-13-20(22(30-4)14-21(19)29-3)24(26)16-7-11-18(28-2)12-8-16/h5-14,25-26H,1-4H3. The van der Waals surface area contributed by atoms with Crippen LogP contribution in [-0.2, 0) is 0 Å². The molecule has 0 saturated carbocycles. The molecule has 0 aliphatic heterocycles. The molecule has 158 valence electrons. The molecule has 0 amide bonds. The van der Waals surface area contributed by atoms with E-state index in [0.29, 0.717) is 45.7 Å². The Morgan fingerprint density at radius 2 is 0.900 bits per heavy atom. The monoisotopic (exact) mass is 412 g/mol. The van der Waals surface area contributed by atoms with Crippen molar-refractivity contribution < 1.29 is 29.4 Å². The highest BCUT2D eigenvalue weighted by atomic mass is 16.5. The number of rotatable bonds is 8. The summed E-state index contributed by atoms with van der Waals surface area (Å²) in [7, 11) is 6.11. The van der Waals surface area contributed by atoms with Gasteiger partial charge in [0.1, 0.15) is 34.4 Å². The van der Waals surface area contributed by atoms with Gasteiger partial charge in [0.15, 0.2) is 0 Å². The molecule has 8 heteroatoms. The van der Waals surface area contributed by atoms with Crippen molar-refractivity contribution in [3.8, 4) is 23.0 Å². The Labute approximate surface area is 174 Å². The fourth-order valence-corrected chi connectivity index (χ4v) is 2.92. The lowest BCUT2D eigenvalue weighted by Crippen LogP contribution is -2.15. The summed E-state index contributed by atoms with van der Waals surface area (Å²) in [6.07, 6.45) is 0. The van der Waals surface area contributed by atoms with Crippen LogP contribution in [0, 0.1) is 0 Å². The molecule has 30 heavy (non-hydrogen) atoms. The molecule has 0 aliphatic carbocycles. The first-order valence-electron chi connectivity index (χ1n) is 9.04. The fourth-order valence-electron chi connectivity index (χ4n) is 2.92. The highest BCUT2D eigenvalue weighted by molar-refractivity contribution is 5.78. The molecule has 3 aromatic carbocycles. The van der Waals surface area contributed by atoms with E-state index in [1.165, 1.54) is 14.2 Å².